The quantitative estimate of drug-likeness (QED) is 0.935. The Labute approximate surface area is 116 Å². The number of nitrogens with two attached hydrogens (primary N) is 1. The van der Waals surface area contributed by atoms with Crippen LogP contribution in [-0.2, 0) is 6.54 Å². The van der Waals surface area contributed by atoms with E-state index in [0.717, 1.165) is 11.3 Å². The molecule has 0 amide bonds. The summed E-state index contributed by atoms with van der Waals surface area (Å²) < 4.78 is 7.15. The molecule has 0 atom stereocenters. The molecule has 100 valence electrons. The molecule has 0 saturated heterocycles. The van der Waals surface area contributed by atoms with Crippen molar-refractivity contribution in [2.24, 2.45) is 0 Å². The summed E-state index contributed by atoms with van der Waals surface area (Å²) in [4.78, 5) is 11.6. The van der Waals surface area contributed by atoms with Gasteiger partial charge in [-0.3, -0.25) is 4.79 Å². The van der Waals surface area contributed by atoms with Crippen LogP contribution in [0.4, 0.5) is 5.69 Å². The van der Waals surface area contributed by atoms with Crippen molar-refractivity contribution >= 4 is 17.3 Å². The van der Waals surface area contributed by atoms with Crippen molar-refractivity contribution in [2.45, 2.75) is 13.5 Å². The summed E-state index contributed by atoms with van der Waals surface area (Å²) in [5.41, 5.74) is 7.10. The molecule has 1 aromatic carbocycles. The SMILES string of the molecule is Cc1ccc(Cl)cc1OCCn1cc(N)ccc1=O. The first kappa shape index (κ1) is 13.5. The maximum absolute atomic E-state index is 11.6. The van der Waals surface area contributed by atoms with E-state index in [0.29, 0.717) is 23.9 Å². The molecule has 1 aromatic heterocycles. The number of hydrogen-bond acceptors (Lipinski definition) is 3. The second-order valence-electron chi connectivity index (χ2n) is 4.25. The molecule has 0 spiro atoms. The third-order valence-corrected chi connectivity index (χ3v) is 2.98. The summed E-state index contributed by atoms with van der Waals surface area (Å²) >= 11 is 5.91. The van der Waals surface area contributed by atoms with E-state index in [1.807, 2.05) is 19.1 Å². The van der Waals surface area contributed by atoms with Gasteiger partial charge in [0.2, 0.25) is 0 Å². The van der Waals surface area contributed by atoms with Crippen LogP contribution in [0.15, 0.2) is 41.3 Å². The predicted molar refractivity (Wildman–Crippen MR) is 76.8 cm³/mol. The minimum absolute atomic E-state index is 0.0967. The van der Waals surface area contributed by atoms with Gasteiger partial charge in [0.25, 0.3) is 5.56 Å². The van der Waals surface area contributed by atoms with Gasteiger partial charge in [0, 0.05) is 23.0 Å². The minimum atomic E-state index is -0.0967. The molecule has 0 bridgehead atoms. The summed E-state index contributed by atoms with van der Waals surface area (Å²) in [6, 6.07) is 8.50. The van der Waals surface area contributed by atoms with Crippen molar-refractivity contribution < 1.29 is 4.74 Å². The number of aromatic nitrogens is 1. The highest BCUT2D eigenvalue weighted by molar-refractivity contribution is 6.30. The number of pyridine rings is 1. The molecule has 0 aliphatic carbocycles. The highest BCUT2D eigenvalue weighted by atomic mass is 35.5. The van der Waals surface area contributed by atoms with Gasteiger partial charge < -0.3 is 15.0 Å². The summed E-state index contributed by atoms with van der Waals surface area (Å²) in [7, 11) is 0. The Hall–Kier alpha value is -1.94. The lowest BCUT2D eigenvalue weighted by molar-refractivity contribution is 0.294. The van der Waals surface area contributed by atoms with Crippen LogP contribution in [0.1, 0.15) is 5.56 Å². The van der Waals surface area contributed by atoms with E-state index < -0.39 is 0 Å². The average Bonchev–Trinajstić information content (AvgIpc) is 2.38. The summed E-state index contributed by atoms with van der Waals surface area (Å²) in [5.74, 6) is 0.726. The van der Waals surface area contributed by atoms with E-state index >= 15 is 0 Å². The Morgan fingerprint density at radius 2 is 2.11 bits per heavy atom. The van der Waals surface area contributed by atoms with E-state index in [2.05, 4.69) is 0 Å². The van der Waals surface area contributed by atoms with E-state index in [1.165, 1.54) is 10.6 Å². The van der Waals surface area contributed by atoms with Crippen molar-refractivity contribution in [3.63, 3.8) is 0 Å². The Bertz CT molecular complexity index is 638. The Balaban J connectivity index is 2.02. The Morgan fingerprint density at radius 3 is 2.89 bits per heavy atom. The number of benzene rings is 1. The fourth-order valence-electron chi connectivity index (χ4n) is 1.71. The van der Waals surface area contributed by atoms with Crippen molar-refractivity contribution in [1.29, 1.82) is 0 Å². The van der Waals surface area contributed by atoms with Crippen LogP contribution in [0.3, 0.4) is 0 Å². The van der Waals surface area contributed by atoms with Crippen LogP contribution < -0.4 is 16.0 Å². The van der Waals surface area contributed by atoms with Crippen molar-refractivity contribution in [2.75, 3.05) is 12.3 Å². The molecular formula is C14H15ClN2O2. The summed E-state index contributed by atoms with van der Waals surface area (Å²) in [6.07, 6.45) is 1.61. The van der Waals surface area contributed by atoms with Crippen molar-refractivity contribution in [3.8, 4) is 5.75 Å². The van der Waals surface area contributed by atoms with Crippen LogP contribution in [0.25, 0.3) is 0 Å². The Morgan fingerprint density at radius 1 is 1.32 bits per heavy atom. The Kier molecular flexibility index (Phi) is 4.12. The number of rotatable bonds is 4. The lowest BCUT2D eigenvalue weighted by atomic mass is 10.2. The largest absolute Gasteiger partial charge is 0.491 e. The van der Waals surface area contributed by atoms with E-state index in [9.17, 15) is 4.79 Å². The van der Waals surface area contributed by atoms with Gasteiger partial charge in [0.1, 0.15) is 12.4 Å². The summed E-state index contributed by atoms with van der Waals surface area (Å²) in [6.45, 7) is 2.76. The predicted octanol–water partition coefficient (Wildman–Crippen LogP) is 2.47. The van der Waals surface area contributed by atoms with Gasteiger partial charge in [-0.15, -0.1) is 0 Å². The number of halogens is 1. The molecule has 2 N–H and O–H groups in total. The minimum Gasteiger partial charge on any atom is -0.491 e. The first-order valence-corrected chi connectivity index (χ1v) is 6.29. The molecule has 0 saturated carbocycles. The summed E-state index contributed by atoms with van der Waals surface area (Å²) in [5, 5.41) is 0.627. The molecule has 0 radical (unpaired) electrons. The molecular weight excluding hydrogens is 264 g/mol. The third-order valence-electron chi connectivity index (χ3n) is 2.75. The zero-order valence-electron chi connectivity index (χ0n) is 10.6. The molecule has 19 heavy (non-hydrogen) atoms. The van der Waals surface area contributed by atoms with E-state index in [4.69, 9.17) is 22.1 Å². The molecule has 2 rings (SSSR count). The molecule has 5 heteroatoms. The molecule has 0 unspecified atom stereocenters. The molecule has 0 aliphatic rings. The highest BCUT2D eigenvalue weighted by Gasteiger charge is 2.02. The van der Waals surface area contributed by atoms with Gasteiger partial charge in [0.05, 0.1) is 6.54 Å². The van der Waals surface area contributed by atoms with Gasteiger partial charge in [-0.05, 0) is 30.7 Å². The number of hydrogen-bond donors (Lipinski definition) is 1. The number of nitrogen functional groups attached to an aromatic ring is 1. The highest BCUT2D eigenvalue weighted by Crippen LogP contribution is 2.22. The molecule has 0 aliphatic heterocycles. The van der Waals surface area contributed by atoms with Crippen LogP contribution in [0.5, 0.6) is 5.75 Å². The van der Waals surface area contributed by atoms with Gasteiger partial charge in [-0.2, -0.15) is 0 Å². The second-order valence-corrected chi connectivity index (χ2v) is 4.69. The van der Waals surface area contributed by atoms with Crippen LogP contribution >= 0.6 is 11.6 Å². The molecule has 0 fully saturated rings. The maximum atomic E-state index is 11.6. The normalized spacial score (nSPS) is 10.4. The third kappa shape index (κ3) is 3.51. The monoisotopic (exact) mass is 278 g/mol. The first-order chi connectivity index (χ1) is 9.06. The number of anilines is 1. The second kappa shape index (κ2) is 5.80. The van der Waals surface area contributed by atoms with Crippen LogP contribution in [0.2, 0.25) is 5.02 Å². The fourth-order valence-corrected chi connectivity index (χ4v) is 1.87. The van der Waals surface area contributed by atoms with Crippen molar-refractivity contribution in [3.05, 3.63) is 57.5 Å². The van der Waals surface area contributed by atoms with Gasteiger partial charge in [-0.1, -0.05) is 17.7 Å². The molecule has 4 nitrogen and oxygen atoms in total. The average molecular weight is 279 g/mol. The number of ether oxygens (including phenoxy) is 1. The van der Waals surface area contributed by atoms with E-state index in [-0.39, 0.29) is 5.56 Å². The lowest BCUT2D eigenvalue weighted by Gasteiger charge is -2.11. The first-order valence-electron chi connectivity index (χ1n) is 5.91. The number of aryl methyl sites for hydroxylation is 1. The van der Waals surface area contributed by atoms with Gasteiger partial charge in [0.15, 0.2) is 0 Å². The van der Waals surface area contributed by atoms with Crippen LogP contribution in [0, 0.1) is 6.92 Å². The lowest BCUT2D eigenvalue weighted by Crippen LogP contribution is -2.22. The maximum Gasteiger partial charge on any atom is 0.250 e. The zero-order valence-corrected chi connectivity index (χ0v) is 11.4. The fraction of sp³-hybridized carbons (Fsp3) is 0.214. The standard InChI is InChI=1S/C14H15ClN2O2/c1-10-2-3-11(15)8-13(10)19-7-6-17-9-12(16)4-5-14(17)18/h2-5,8-9H,6-7,16H2,1H3. The molecule has 2 aromatic rings. The van der Waals surface area contributed by atoms with Crippen molar-refractivity contribution in [1.82, 2.24) is 4.57 Å². The van der Waals surface area contributed by atoms with Gasteiger partial charge in [-0.25, -0.2) is 0 Å². The number of nitrogens with zero attached hydrogens (tertiary/aromatic N) is 1. The van der Waals surface area contributed by atoms with Gasteiger partial charge >= 0.3 is 0 Å². The zero-order chi connectivity index (χ0) is 13.8. The van der Waals surface area contributed by atoms with Crippen LogP contribution in [-0.4, -0.2) is 11.2 Å². The topological polar surface area (TPSA) is 57.2 Å². The smallest absolute Gasteiger partial charge is 0.250 e. The molecule has 1 heterocycles. The van der Waals surface area contributed by atoms with E-state index in [1.54, 1.807) is 18.3 Å².